The molecular formula is C15H24ClN. The minimum absolute atomic E-state index is 0.246. The van der Waals surface area contributed by atoms with E-state index in [1.165, 1.54) is 24.8 Å². The van der Waals surface area contributed by atoms with Crippen LogP contribution in [-0.4, -0.2) is 12.1 Å². The van der Waals surface area contributed by atoms with Gasteiger partial charge in [-0.25, -0.2) is 0 Å². The molecule has 0 bridgehead atoms. The van der Waals surface area contributed by atoms with Gasteiger partial charge in [-0.1, -0.05) is 30.2 Å². The van der Waals surface area contributed by atoms with E-state index in [1.54, 1.807) is 0 Å². The Hall–Kier alpha value is -0.530. The van der Waals surface area contributed by atoms with E-state index >= 15 is 0 Å². The Morgan fingerprint density at radius 2 is 1.65 bits per heavy atom. The number of rotatable bonds is 6. The van der Waals surface area contributed by atoms with Crippen molar-refractivity contribution in [3.8, 4) is 0 Å². The molecule has 2 heteroatoms. The highest BCUT2D eigenvalue weighted by molar-refractivity contribution is 6.30. The molecule has 0 saturated carbocycles. The summed E-state index contributed by atoms with van der Waals surface area (Å²) in [7, 11) is 0. The van der Waals surface area contributed by atoms with Crippen LogP contribution in [0.4, 0.5) is 0 Å². The molecule has 0 aromatic heterocycles. The van der Waals surface area contributed by atoms with Crippen molar-refractivity contribution in [1.29, 1.82) is 0 Å². The zero-order valence-electron chi connectivity index (χ0n) is 11.2. The van der Waals surface area contributed by atoms with Crippen LogP contribution in [0, 0.1) is 0 Å². The third-order valence-electron chi connectivity index (χ3n) is 2.71. The van der Waals surface area contributed by atoms with Crippen molar-refractivity contribution in [1.82, 2.24) is 5.32 Å². The smallest absolute Gasteiger partial charge is 0.0406 e. The SMILES string of the molecule is CC(C)(C)NCCCCCc1ccc(Cl)cc1. The van der Waals surface area contributed by atoms with Crippen LogP contribution in [0.1, 0.15) is 45.6 Å². The predicted molar refractivity (Wildman–Crippen MR) is 76.8 cm³/mol. The highest BCUT2D eigenvalue weighted by Gasteiger charge is 2.06. The van der Waals surface area contributed by atoms with Crippen LogP contribution in [0.5, 0.6) is 0 Å². The fourth-order valence-electron chi connectivity index (χ4n) is 1.75. The molecule has 0 amide bonds. The molecule has 1 aromatic rings. The fourth-order valence-corrected chi connectivity index (χ4v) is 1.87. The highest BCUT2D eigenvalue weighted by atomic mass is 35.5. The average Bonchev–Trinajstić information content (AvgIpc) is 2.24. The van der Waals surface area contributed by atoms with E-state index in [-0.39, 0.29) is 5.54 Å². The summed E-state index contributed by atoms with van der Waals surface area (Å²) in [4.78, 5) is 0. The summed E-state index contributed by atoms with van der Waals surface area (Å²) in [6.07, 6.45) is 4.96. The van der Waals surface area contributed by atoms with E-state index in [4.69, 9.17) is 11.6 Å². The molecule has 1 nitrogen and oxygen atoms in total. The molecule has 17 heavy (non-hydrogen) atoms. The van der Waals surface area contributed by atoms with Crippen molar-refractivity contribution in [2.45, 2.75) is 52.0 Å². The predicted octanol–water partition coefficient (Wildman–Crippen LogP) is 4.44. The average molecular weight is 254 g/mol. The molecule has 0 aliphatic carbocycles. The molecule has 1 aromatic carbocycles. The van der Waals surface area contributed by atoms with E-state index in [9.17, 15) is 0 Å². The summed E-state index contributed by atoms with van der Waals surface area (Å²) in [6.45, 7) is 7.74. The van der Waals surface area contributed by atoms with Gasteiger partial charge in [0.15, 0.2) is 0 Å². The summed E-state index contributed by atoms with van der Waals surface area (Å²) in [5, 5.41) is 4.33. The first-order valence-electron chi connectivity index (χ1n) is 6.47. The molecule has 0 radical (unpaired) electrons. The fraction of sp³-hybridized carbons (Fsp3) is 0.600. The van der Waals surface area contributed by atoms with Crippen molar-refractivity contribution >= 4 is 11.6 Å². The van der Waals surface area contributed by atoms with Gasteiger partial charge in [0.2, 0.25) is 0 Å². The third kappa shape index (κ3) is 7.40. The lowest BCUT2D eigenvalue weighted by molar-refractivity contribution is 0.417. The summed E-state index contributed by atoms with van der Waals surface area (Å²) >= 11 is 5.85. The van der Waals surface area contributed by atoms with E-state index < -0.39 is 0 Å². The van der Waals surface area contributed by atoms with Gasteiger partial charge in [-0.3, -0.25) is 0 Å². The van der Waals surface area contributed by atoms with Gasteiger partial charge >= 0.3 is 0 Å². The van der Waals surface area contributed by atoms with Gasteiger partial charge < -0.3 is 5.32 Å². The molecular weight excluding hydrogens is 230 g/mol. The van der Waals surface area contributed by atoms with E-state index in [2.05, 4.69) is 38.2 Å². The van der Waals surface area contributed by atoms with E-state index in [0.29, 0.717) is 0 Å². The van der Waals surface area contributed by atoms with Crippen LogP contribution >= 0.6 is 11.6 Å². The van der Waals surface area contributed by atoms with Crippen molar-refractivity contribution in [3.05, 3.63) is 34.9 Å². The number of aryl methyl sites for hydroxylation is 1. The summed E-state index contributed by atoms with van der Waals surface area (Å²) < 4.78 is 0. The second kappa shape index (κ2) is 7.03. The molecule has 96 valence electrons. The van der Waals surface area contributed by atoms with Crippen LogP contribution in [0.25, 0.3) is 0 Å². The Labute approximate surface area is 111 Å². The van der Waals surface area contributed by atoms with Crippen molar-refractivity contribution in [3.63, 3.8) is 0 Å². The van der Waals surface area contributed by atoms with E-state index in [1.807, 2.05) is 12.1 Å². The topological polar surface area (TPSA) is 12.0 Å². The van der Waals surface area contributed by atoms with Gasteiger partial charge in [-0.05, 0) is 64.3 Å². The third-order valence-corrected chi connectivity index (χ3v) is 2.96. The van der Waals surface area contributed by atoms with Gasteiger partial charge in [0.05, 0.1) is 0 Å². The lowest BCUT2D eigenvalue weighted by Crippen LogP contribution is -2.36. The molecule has 0 spiro atoms. The van der Waals surface area contributed by atoms with Crippen LogP contribution in [0.2, 0.25) is 5.02 Å². The van der Waals surface area contributed by atoms with Gasteiger partial charge in [0.25, 0.3) is 0 Å². The summed E-state index contributed by atoms with van der Waals surface area (Å²) in [6, 6.07) is 8.18. The summed E-state index contributed by atoms with van der Waals surface area (Å²) in [5.41, 5.74) is 1.63. The Morgan fingerprint density at radius 3 is 2.24 bits per heavy atom. The maximum Gasteiger partial charge on any atom is 0.0406 e. The monoisotopic (exact) mass is 253 g/mol. The van der Waals surface area contributed by atoms with Crippen molar-refractivity contribution in [2.24, 2.45) is 0 Å². The number of nitrogens with one attached hydrogen (secondary N) is 1. The van der Waals surface area contributed by atoms with Crippen molar-refractivity contribution < 1.29 is 0 Å². The lowest BCUT2D eigenvalue weighted by atomic mass is 10.1. The van der Waals surface area contributed by atoms with Gasteiger partial charge in [-0.2, -0.15) is 0 Å². The van der Waals surface area contributed by atoms with Gasteiger partial charge in [0, 0.05) is 10.6 Å². The Balaban J connectivity index is 2.07. The van der Waals surface area contributed by atoms with Crippen LogP contribution in [-0.2, 0) is 6.42 Å². The molecule has 0 heterocycles. The zero-order valence-corrected chi connectivity index (χ0v) is 12.0. The largest absolute Gasteiger partial charge is 0.312 e. The van der Waals surface area contributed by atoms with Crippen LogP contribution in [0.3, 0.4) is 0 Å². The zero-order chi connectivity index (χ0) is 12.7. The highest BCUT2D eigenvalue weighted by Crippen LogP contribution is 2.12. The first-order valence-corrected chi connectivity index (χ1v) is 6.85. The van der Waals surface area contributed by atoms with Crippen LogP contribution in [0.15, 0.2) is 24.3 Å². The Morgan fingerprint density at radius 1 is 1.00 bits per heavy atom. The molecule has 0 fully saturated rings. The number of halogens is 1. The number of hydrogen-bond donors (Lipinski definition) is 1. The Bertz CT molecular complexity index is 311. The Kier molecular flexibility index (Phi) is 6.01. The molecule has 1 N–H and O–H groups in total. The quantitative estimate of drug-likeness (QED) is 0.739. The minimum Gasteiger partial charge on any atom is -0.312 e. The first kappa shape index (κ1) is 14.5. The molecule has 1 rings (SSSR count). The number of hydrogen-bond acceptors (Lipinski definition) is 1. The van der Waals surface area contributed by atoms with Crippen molar-refractivity contribution in [2.75, 3.05) is 6.54 Å². The molecule has 0 unspecified atom stereocenters. The lowest BCUT2D eigenvalue weighted by Gasteiger charge is -2.20. The van der Waals surface area contributed by atoms with Crippen LogP contribution < -0.4 is 5.32 Å². The molecule has 0 atom stereocenters. The maximum absolute atomic E-state index is 5.85. The second-order valence-corrected chi connectivity index (χ2v) is 6.05. The standard InChI is InChI=1S/C15H24ClN/c1-15(2,3)17-12-6-4-5-7-13-8-10-14(16)11-9-13/h8-11,17H,4-7,12H2,1-3H3. The van der Waals surface area contributed by atoms with E-state index in [0.717, 1.165) is 18.0 Å². The second-order valence-electron chi connectivity index (χ2n) is 5.61. The first-order chi connectivity index (χ1) is 7.97. The molecule has 0 aliphatic heterocycles. The molecule has 0 aliphatic rings. The van der Waals surface area contributed by atoms with Gasteiger partial charge in [0.1, 0.15) is 0 Å². The maximum atomic E-state index is 5.85. The van der Waals surface area contributed by atoms with Gasteiger partial charge in [-0.15, -0.1) is 0 Å². The normalized spacial score (nSPS) is 11.8. The molecule has 0 saturated heterocycles. The number of benzene rings is 1. The summed E-state index contributed by atoms with van der Waals surface area (Å²) in [5.74, 6) is 0. The number of unbranched alkanes of at least 4 members (excludes halogenated alkanes) is 2. The minimum atomic E-state index is 0.246.